The molecule has 1 atom stereocenters. The van der Waals surface area contributed by atoms with Gasteiger partial charge in [0, 0.05) is 23.7 Å². The van der Waals surface area contributed by atoms with E-state index in [2.05, 4.69) is 20.0 Å². The Labute approximate surface area is 129 Å². The Morgan fingerprint density at radius 3 is 2.74 bits per heavy atom. The van der Waals surface area contributed by atoms with Gasteiger partial charge in [-0.1, -0.05) is 0 Å². The number of nitrogens with zero attached hydrogens (tertiary/aromatic N) is 1. The zero-order valence-electron chi connectivity index (χ0n) is 12.0. The van der Waals surface area contributed by atoms with Crippen LogP contribution >= 0.6 is 0 Å². The first kappa shape index (κ1) is 15.4. The Hall–Kier alpha value is -2.51. The average Bonchev–Trinajstić information content (AvgIpc) is 2.94. The number of carbonyl (C=O) groups is 1. The van der Waals surface area contributed by atoms with Gasteiger partial charge in [-0.05, 0) is 37.1 Å². The first-order chi connectivity index (χ1) is 10.9. The molecule has 0 bridgehead atoms. The average molecular weight is 325 g/mol. The summed E-state index contributed by atoms with van der Waals surface area (Å²) in [6.07, 6.45) is -0.879. The maximum Gasteiger partial charge on any atom is 0.573 e. The highest BCUT2D eigenvalue weighted by Crippen LogP contribution is 2.23. The van der Waals surface area contributed by atoms with Crippen molar-refractivity contribution in [2.45, 2.75) is 31.7 Å². The van der Waals surface area contributed by atoms with E-state index in [1.807, 2.05) is 0 Å². The van der Waals surface area contributed by atoms with E-state index in [9.17, 15) is 18.0 Å². The summed E-state index contributed by atoms with van der Waals surface area (Å²) in [5, 5.41) is 2.88. The lowest BCUT2D eigenvalue weighted by Gasteiger charge is -2.22. The summed E-state index contributed by atoms with van der Waals surface area (Å²) < 4.78 is 40.1. The van der Waals surface area contributed by atoms with Crippen LogP contribution in [0, 0.1) is 0 Å². The van der Waals surface area contributed by atoms with Crippen LogP contribution in [0.15, 0.2) is 30.6 Å². The molecule has 122 valence electrons. The number of H-pyrrole nitrogens is 1. The van der Waals surface area contributed by atoms with E-state index < -0.39 is 6.36 Å². The number of aryl methyl sites for hydroxylation is 1. The van der Waals surface area contributed by atoms with Gasteiger partial charge in [0.1, 0.15) is 5.75 Å². The van der Waals surface area contributed by atoms with Crippen LogP contribution in [-0.2, 0) is 12.8 Å². The fourth-order valence-corrected chi connectivity index (χ4v) is 2.60. The third-order valence-electron chi connectivity index (χ3n) is 3.68. The molecule has 1 unspecified atom stereocenters. The van der Waals surface area contributed by atoms with Gasteiger partial charge in [-0.2, -0.15) is 0 Å². The van der Waals surface area contributed by atoms with Crippen molar-refractivity contribution >= 4 is 5.91 Å². The van der Waals surface area contributed by atoms with E-state index in [0.717, 1.165) is 36.4 Å². The molecule has 0 saturated carbocycles. The summed E-state index contributed by atoms with van der Waals surface area (Å²) in [5.74, 6) is -0.680. The summed E-state index contributed by atoms with van der Waals surface area (Å²) in [7, 11) is 0. The monoisotopic (exact) mass is 325 g/mol. The fraction of sp³-hybridized carbons (Fsp3) is 0.333. The number of amides is 1. The Balaban J connectivity index is 1.60. The van der Waals surface area contributed by atoms with Gasteiger partial charge in [-0.3, -0.25) is 4.79 Å². The normalized spacial score (nSPS) is 17.4. The van der Waals surface area contributed by atoms with Gasteiger partial charge in [0.05, 0.1) is 12.0 Å². The second-order valence-corrected chi connectivity index (χ2v) is 5.31. The lowest BCUT2D eigenvalue weighted by Crippen LogP contribution is -2.38. The van der Waals surface area contributed by atoms with Crippen LogP contribution in [0.2, 0.25) is 0 Å². The maximum atomic E-state index is 12.2. The number of ether oxygens (including phenoxy) is 1. The minimum absolute atomic E-state index is 0.0376. The van der Waals surface area contributed by atoms with E-state index in [4.69, 9.17) is 0 Å². The van der Waals surface area contributed by atoms with Crippen LogP contribution in [0.1, 0.15) is 28.2 Å². The molecule has 0 aliphatic heterocycles. The summed E-state index contributed by atoms with van der Waals surface area (Å²) in [5.41, 5.74) is 2.31. The van der Waals surface area contributed by atoms with Gasteiger partial charge in [0.15, 0.2) is 0 Å². The molecule has 1 aromatic heterocycles. The minimum atomic E-state index is -4.74. The number of carbonyl (C=O) groups excluding carboxylic acids is 1. The fourth-order valence-electron chi connectivity index (χ4n) is 2.60. The molecule has 2 N–H and O–H groups in total. The molecule has 1 aliphatic rings. The SMILES string of the molecule is O=C(NC1CCc2[nH]cnc2C1)c1ccc(OC(F)(F)F)cc1. The summed E-state index contributed by atoms with van der Waals surface area (Å²) in [4.78, 5) is 19.4. The second kappa shape index (κ2) is 5.94. The van der Waals surface area contributed by atoms with Crippen molar-refractivity contribution in [3.63, 3.8) is 0 Å². The van der Waals surface area contributed by atoms with Crippen molar-refractivity contribution in [1.82, 2.24) is 15.3 Å². The van der Waals surface area contributed by atoms with Crippen molar-refractivity contribution in [1.29, 1.82) is 0 Å². The molecule has 3 rings (SSSR count). The number of aromatic amines is 1. The summed E-state index contributed by atoms with van der Waals surface area (Å²) in [6, 6.07) is 4.81. The largest absolute Gasteiger partial charge is 0.573 e. The molecular weight excluding hydrogens is 311 g/mol. The predicted molar refractivity (Wildman–Crippen MR) is 75.0 cm³/mol. The third kappa shape index (κ3) is 3.82. The number of aromatic nitrogens is 2. The first-order valence-corrected chi connectivity index (χ1v) is 7.08. The number of hydrogen-bond donors (Lipinski definition) is 2. The van der Waals surface area contributed by atoms with Crippen molar-refractivity contribution in [2.75, 3.05) is 0 Å². The first-order valence-electron chi connectivity index (χ1n) is 7.08. The summed E-state index contributed by atoms with van der Waals surface area (Å²) >= 11 is 0. The highest BCUT2D eigenvalue weighted by atomic mass is 19.4. The zero-order chi connectivity index (χ0) is 16.4. The Morgan fingerprint density at radius 1 is 1.30 bits per heavy atom. The van der Waals surface area contributed by atoms with E-state index in [0.29, 0.717) is 6.42 Å². The number of halogens is 3. The van der Waals surface area contributed by atoms with Crippen molar-refractivity contribution in [3.05, 3.63) is 47.5 Å². The van der Waals surface area contributed by atoms with Crippen LogP contribution in [0.5, 0.6) is 5.75 Å². The number of nitrogens with one attached hydrogen (secondary N) is 2. The van der Waals surface area contributed by atoms with Crippen molar-refractivity contribution in [2.24, 2.45) is 0 Å². The number of hydrogen-bond acceptors (Lipinski definition) is 3. The van der Waals surface area contributed by atoms with Crippen molar-refractivity contribution in [3.8, 4) is 5.75 Å². The van der Waals surface area contributed by atoms with Gasteiger partial charge < -0.3 is 15.0 Å². The second-order valence-electron chi connectivity index (χ2n) is 5.31. The Kier molecular flexibility index (Phi) is 3.97. The van der Waals surface area contributed by atoms with Gasteiger partial charge in [0.2, 0.25) is 0 Å². The van der Waals surface area contributed by atoms with Gasteiger partial charge >= 0.3 is 6.36 Å². The molecule has 1 heterocycles. The topological polar surface area (TPSA) is 67.0 Å². The Morgan fingerprint density at radius 2 is 2.04 bits per heavy atom. The highest BCUT2D eigenvalue weighted by molar-refractivity contribution is 5.94. The molecular formula is C15H14F3N3O2. The molecule has 0 saturated heterocycles. The van der Waals surface area contributed by atoms with Gasteiger partial charge in [-0.25, -0.2) is 4.98 Å². The maximum absolute atomic E-state index is 12.2. The third-order valence-corrected chi connectivity index (χ3v) is 3.68. The lowest BCUT2D eigenvalue weighted by atomic mass is 9.96. The number of benzene rings is 1. The van der Waals surface area contributed by atoms with E-state index >= 15 is 0 Å². The standard InChI is InChI=1S/C15H14F3N3O2/c16-15(17,18)23-11-4-1-9(2-5-11)14(22)21-10-3-6-12-13(7-10)20-8-19-12/h1-2,4-5,8,10H,3,6-7H2,(H,19,20)(H,21,22). The molecule has 1 aliphatic carbocycles. The Bertz CT molecular complexity index is 695. The van der Waals surface area contributed by atoms with Crippen LogP contribution in [0.4, 0.5) is 13.2 Å². The zero-order valence-corrected chi connectivity index (χ0v) is 12.0. The molecule has 0 fully saturated rings. The molecule has 23 heavy (non-hydrogen) atoms. The van der Waals surface area contributed by atoms with Gasteiger partial charge in [0.25, 0.3) is 5.91 Å². The molecule has 0 spiro atoms. The lowest BCUT2D eigenvalue weighted by molar-refractivity contribution is -0.274. The quantitative estimate of drug-likeness (QED) is 0.911. The number of fused-ring (bicyclic) bond motifs is 1. The number of alkyl halides is 3. The minimum Gasteiger partial charge on any atom is -0.406 e. The molecule has 2 aromatic rings. The van der Waals surface area contributed by atoms with Crippen LogP contribution in [0.25, 0.3) is 0 Å². The smallest absolute Gasteiger partial charge is 0.406 e. The van der Waals surface area contributed by atoms with E-state index in [1.165, 1.54) is 12.1 Å². The number of imidazole rings is 1. The van der Waals surface area contributed by atoms with Crippen LogP contribution in [-0.4, -0.2) is 28.3 Å². The van der Waals surface area contributed by atoms with E-state index in [-0.39, 0.29) is 23.3 Å². The number of rotatable bonds is 3. The highest BCUT2D eigenvalue weighted by Gasteiger charge is 2.31. The molecule has 1 amide bonds. The van der Waals surface area contributed by atoms with E-state index in [1.54, 1.807) is 6.33 Å². The van der Waals surface area contributed by atoms with Crippen molar-refractivity contribution < 1.29 is 22.7 Å². The molecule has 5 nitrogen and oxygen atoms in total. The van der Waals surface area contributed by atoms with Crippen LogP contribution < -0.4 is 10.1 Å². The molecule has 1 aromatic carbocycles. The van der Waals surface area contributed by atoms with Crippen LogP contribution in [0.3, 0.4) is 0 Å². The van der Waals surface area contributed by atoms with Gasteiger partial charge in [-0.15, -0.1) is 13.2 Å². The summed E-state index contributed by atoms with van der Waals surface area (Å²) in [6.45, 7) is 0. The molecule has 0 radical (unpaired) electrons. The molecule has 8 heteroatoms. The predicted octanol–water partition coefficient (Wildman–Crippen LogP) is 2.60.